The van der Waals surface area contributed by atoms with E-state index in [1.807, 2.05) is 0 Å². The van der Waals surface area contributed by atoms with Crippen LogP contribution in [0.15, 0.2) is 18.2 Å². The molecule has 2 rings (SSSR count). The Labute approximate surface area is 90.3 Å². The number of rotatable bonds is 2. The Morgan fingerprint density at radius 3 is 2.73 bits per heavy atom. The summed E-state index contributed by atoms with van der Waals surface area (Å²) >= 11 is 0. The number of hydrogen-bond donors (Lipinski definition) is 0. The standard InChI is InChI=1S/C13H16FO/c1-3-13(4-2)8-7-10-5-6-11(14)9-12(10)15-13/h5-7,9H,3-4,8H2,1-2H3. The normalized spacial score (nSPS) is 18.1. The van der Waals surface area contributed by atoms with E-state index in [0.29, 0.717) is 5.75 Å². The summed E-state index contributed by atoms with van der Waals surface area (Å²) < 4.78 is 19.0. The van der Waals surface area contributed by atoms with Gasteiger partial charge in [0.2, 0.25) is 0 Å². The largest absolute Gasteiger partial charge is 0.487 e. The Kier molecular flexibility index (Phi) is 2.68. The molecule has 0 fully saturated rings. The summed E-state index contributed by atoms with van der Waals surface area (Å²) in [5.74, 6) is 0.454. The molecule has 81 valence electrons. The summed E-state index contributed by atoms with van der Waals surface area (Å²) in [5, 5.41) is 0. The molecule has 0 aliphatic carbocycles. The molecule has 1 aliphatic heterocycles. The lowest BCUT2D eigenvalue weighted by Gasteiger charge is -2.37. The van der Waals surface area contributed by atoms with Crippen molar-refractivity contribution in [1.29, 1.82) is 0 Å². The number of hydrogen-bond acceptors (Lipinski definition) is 1. The van der Waals surface area contributed by atoms with Crippen molar-refractivity contribution >= 4 is 0 Å². The number of halogens is 1. The number of ether oxygens (including phenoxy) is 1. The minimum absolute atomic E-state index is 0.124. The topological polar surface area (TPSA) is 9.23 Å². The van der Waals surface area contributed by atoms with E-state index in [1.54, 1.807) is 6.07 Å². The van der Waals surface area contributed by atoms with Crippen LogP contribution in [0.25, 0.3) is 0 Å². The highest BCUT2D eigenvalue weighted by atomic mass is 19.1. The SMILES string of the molecule is CCC1(CC)C[CH]c2ccc(F)cc2O1. The average Bonchev–Trinajstić information content (AvgIpc) is 2.28. The van der Waals surface area contributed by atoms with Crippen molar-refractivity contribution in [2.24, 2.45) is 0 Å². The second-order valence-electron chi connectivity index (χ2n) is 4.08. The Hall–Kier alpha value is -1.05. The molecule has 1 aliphatic rings. The zero-order chi connectivity index (χ0) is 10.9. The summed E-state index contributed by atoms with van der Waals surface area (Å²) in [6, 6.07) is 4.73. The predicted molar refractivity (Wildman–Crippen MR) is 58.4 cm³/mol. The number of benzene rings is 1. The monoisotopic (exact) mass is 207 g/mol. The van der Waals surface area contributed by atoms with Gasteiger partial charge in [0, 0.05) is 6.07 Å². The zero-order valence-corrected chi connectivity index (χ0v) is 9.22. The maximum atomic E-state index is 13.1. The smallest absolute Gasteiger partial charge is 0.126 e. The van der Waals surface area contributed by atoms with Gasteiger partial charge in [-0.15, -0.1) is 0 Å². The molecule has 0 aromatic heterocycles. The van der Waals surface area contributed by atoms with Gasteiger partial charge >= 0.3 is 0 Å². The van der Waals surface area contributed by atoms with E-state index in [1.165, 1.54) is 12.1 Å². The summed E-state index contributed by atoms with van der Waals surface area (Å²) in [6.07, 6.45) is 4.97. The van der Waals surface area contributed by atoms with Crippen LogP contribution < -0.4 is 4.74 Å². The third-order valence-corrected chi connectivity index (χ3v) is 3.28. The van der Waals surface area contributed by atoms with Crippen LogP contribution in [0.4, 0.5) is 4.39 Å². The number of fused-ring (bicyclic) bond motifs is 1. The molecule has 1 nitrogen and oxygen atoms in total. The van der Waals surface area contributed by atoms with Gasteiger partial charge in [-0.2, -0.15) is 0 Å². The van der Waals surface area contributed by atoms with Crippen molar-refractivity contribution in [2.75, 3.05) is 0 Å². The summed E-state index contributed by atoms with van der Waals surface area (Å²) in [4.78, 5) is 0. The van der Waals surface area contributed by atoms with Crippen LogP contribution in [0.2, 0.25) is 0 Å². The van der Waals surface area contributed by atoms with Gasteiger partial charge in [0.25, 0.3) is 0 Å². The summed E-state index contributed by atoms with van der Waals surface area (Å²) in [7, 11) is 0. The van der Waals surface area contributed by atoms with Gasteiger partial charge in [-0.25, -0.2) is 4.39 Å². The Morgan fingerprint density at radius 2 is 2.07 bits per heavy atom. The van der Waals surface area contributed by atoms with Gasteiger partial charge in [-0.1, -0.05) is 19.9 Å². The van der Waals surface area contributed by atoms with Gasteiger partial charge in [0.1, 0.15) is 17.2 Å². The van der Waals surface area contributed by atoms with Crippen LogP contribution in [-0.4, -0.2) is 5.60 Å². The molecule has 0 bridgehead atoms. The van der Waals surface area contributed by atoms with Crippen molar-refractivity contribution in [2.45, 2.75) is 38.7 Å². The first-order valence-electron chi connectivity index (χ1n) is 5.51. The zero-order valence-electron chi connectivity index (χ0n) is 9.22. The van der Waals surface area contributed by atoms with Crippen molar-refractivity contribution in [1.82, 2.24) is 0 Å². The van der Waals surface area contributed by atoms with E-state index in [-0.39, 0.29) is 11.4 Å². The summed E-state index contributed by atoms with van der Waals surface area (Å²) in [6.45, 7) is 4.23. The fraction of sp³-hybridized carbons (Fsp3) is 0.462. The van der Waals surface area contributed by atoms with Crippen molar-refractivity contribution < 1.29 is 9.13 Å². The van der Waals surface area contributed by atoms with Gasteiger partial charge in [-0.3, -0.25) is 0 Å². The maximum absolute atomic E-state index is 13.1. The molecule has 2 heteroatoms. The highest BCUT2D eigenvalue weighted by Gasteiger charge is 2.32. The molecule has 1 aromatic rings. The molecule has 0 N–H and O–H groups in total. The van der Waals surface area contributed by atoms with Crippen molar-refractivity contribution in [3.63, 3.8) is 0 Å². The highest BCUT2D eigenvalue weighted by Crippen LogP contribution is 2.38. The molecule has 0 unspecified atom stereocenters. The average molecular weight is 207 g/mol. The first-order valence-corrected chi connectivity index (χ1v) is 5.51. The quantitative estimate of drug-likeness (QED) is 0.718. The molecule has 1 aromatic carbocycles. The molecule has 0 spiro atoms. The molecule has 0 atom stereocenters. The molecule has 1 heterocycles. The van der Waals surface area contributed by atoms with Gasteiger partial charge in [-0.05, 0) is 37.3 Å². The summed E-state index contributed by atoms with van der Waals surface area (Å²) in [5.41, 5.74) is 0.884. The predicted octanol–water partition coefficient (Wildman–Crippen LogP) is 3.72. The van der Waals surface area contributed by atoms with Crippen LogP contribution in [0, 0.1) is 12.2 Å². The van der Waals surface area contributed by atoms with E-state index in [0.717, 1.165) is 24.8 Å². The molecule has 15 heavy (non-hydrogen) atoms. The fourth-order valence-corrected chi connectivity index (χ4v) is 2.02. The van der Waals surface area contributed by atoms with E-state index in [4.69, 9.17) is 4.74 Å². The molecule has 1 radical (unpaired) electrons. The van der Waals surface area contributed by atoms with Crippen molar-refractivity contribution in [3.05, 3.63) is 36.0 Å². The van der Waals surface area contributed by atoms with Gasteiger partial charge in [0.15, 0.2) is 0 Å². The highest BCUT2D eigenvalue weighted by molar-refractivity contribution is 5.42. The Bertz CT molecular complexity index is 356. The first-order chi connectivity index (χ1) is 7.19. The molecular formula is C13H16FO. The van der Waals surface area contributed by atoms with Crippen LogP contribution in [0.1, 0.15) is 38.7 Å². The van der Waals surface area contributed by atoms with Crippen LogP contribution in [0.5, 0.6) is 5.75 Å². The Morgan fingerprint density at radius 1 is 1.33 bits per heavy atom. The first kappa shape index (κ1) is 10.5. The Balaban J connectivity index is 2.32. The lowest BCUT2D eigenvalue weighted by Crippen LogP contribution is -2.37. The van der Waals surface area contributed by atoms with Crippen molar-refractivity contribution in [3.8, 4) is 5.75 Å². The van der Waals surface area contributed by atoms with Crippen LogP contribution in [0.3, 0.4) is 0 Å². The van der Waals surface area contributed by atoms with Gasteiger partial charge < -0.3 is 4.74 Å². The molecule has 0 saturated heterocycles. The molecule has 0 saturated carbocycles. The van der Waals surface area contributed by atoms with E-state index >= 15 is 0 Å². The third kappa shape index (κ3) is 1.85. The third-order valence-electron chi connectivity index (χ3n) is 3.28. The molecular weight excluding hydrogens is 191 g/mol. The minimum atomic E-state index is -0.231. The second-order valence-corrected chi connectivity index (χ2v) is 4.08. The van der Waals surface area contributed by atoms with E-state index < -0.39 is 0 Å². The molecule has 0 amide bonds. The lowest BCUT2D eigenvalue weighted by molar-refractivity contribution is 0.0505. The lowest BCUT2D eigenvalue weighted by atomic mass is 9.87. The van der Waals surface area contributed by atoms with E-state index in [9.17, 15) is 4.39 Å². The van der Waals surface area contributed by atoms with Gasteiger partial charge in [0.05, 0.1) is 0 Å². The fourth-order valence-electron chi connectivity index (χ4n) is 2.02. The minimum Gasteiger partial charge on any atom is -0.487 e. The van der Waals surface area contributed by atoms with Crippen LogP contribution in [-0.2, 0) is 0 Å². The second kappa shape index (κ2) is 3.84. The maximum Gasteiger partial charge on any atom is 0.126 e. The van der Waals surface area contributed by atoms with E-state index in [2.05, 4.69) is 20.3 Å². The van der Waals surface area contributed by atoms with Crippen LogP contribution >= 0.6 is 0 Å².